The van der Waals surface area contributed by atoms with Crippen LogP contribution in [0.5, 0.6) is 0 Å². The molecule has 0 bridgehead atoms. The van der Waals surface area contributed by atoms with Gasteiger partial charge in [-0.05, 0) is 31.4 Å². The summed E-state index contributed by atoms with van der Waals surface area (Å²) in [6, 6.07) is 0.658. The molecule has 0 saturated carbocycles. The molecule has 0 spiro atoms. The van der Waals surface area contributed by atoms with E-state index in [9.17, 15) is 0 Å². The number of hydrogen-bond acceptors (Lipinski definition) is 3. The molecule has 1 rings (SSSR count). The normalized spacial score (nSPS) is 17.8. The van der Waals surface area contributed by atoms with Crippen molar-refractivity contribution in [3.05, 3.63) is 0 Å². The fourth-order valence-corrected chi connectivity index (χ4v) is 1.70. The minimum atomic E-state index is 0.658. The van der Waals surface area contributed by atoms with Crippen molar-refractivity contribution < 1.29 is 4.74 Å². The molecule has 0 unspecified atom stereocenters. The average Bonchev–Trinajstić information content (AvgIpc) is 2.00. The molecule has 0 amide bonds. The van der Waals surface area contributed by atoms with E-state index in [1.807, 2.05) is 11.8 Å². The van der Waals surface area contributed by atoms with Gasteiger partial charge in [0.1, 0.15) is 0 Å². The predicted octanol–water partition coefficient (Wildman–Crippen LogP) is 1.51. The maximum absolute atomic E-state index is 5.06. The van der Waals surface area contributed by atoms with Gasteiger partial charge in [-0.2, -0.15) is 11.8 Å². The minimum Gasteiger partial charge on any atom is -0.378 e. The molecule has 0 aromatic carbocycles. The van der Waals surface area contributed by atoms with Crippen molar-refractivity contribution in [1.29, 1.82) is 0 Å². The highest BCUT2D eigenvalue weighted by atomic mass is 32.2. The summed E-state index contributed by atoms with van der Waals surface area (Å²) in [4.78, 5) is 0. The first-order valence-corrected chi connectivity index (χ1v) is 6.13. The second-order valence-corrected chi connectivity index (χ2v) is 4.23. The molecule has 0 aliphatic carbocycles. The fraction of sp³-hybridized carbons (Fsp3) is 1.00. The second-order valence-electron chi connectivity index (χ2n) is 3.24. The first-order valence-electron chi connectivity index (χ1n) is 4.73. The number of rotatable bonds is 7. The average molecular weight is 189 g/mol. The summed E-state index contributed by atoms with van der Waals surface area (Å²) in [7, 11) is 0. The number of ether oxygens (including phenoxy) is 1. The van der Waals surface area contributed by atoms with E-state index in [0.717, 1.165) is 13.2 Å². The molecular weight excluding hydrogens is 170 g/mol. The Morgan fingerprint density at radius 2 is 2.17 bits per heavy atom. The maximum Gasteiger partial charge on any atom is 0.0643 e. The first kappa shape index (κ1) is 10.4. The molecule has 1 saturated heterocycles. The largest absolute Gasteiger partial charge is 0.378 e. The van der Waals surface area contributed by atoms with E-state index in [1.54, 1.807) is 0 Å². The van der Waals surface area contributed by atoms with Crippen molar-refractivity contribution >= 4 is 11.8 Å². The zero-order valence-corrected chi connectivity index (χ0v) is 8.66. The second kappa shape index (κ2) is 6.75. The third kappa shape index (κ3) is 4.33. The van der Waals surface area contributed by atoms with Gasteiger partial charge in [-0.25, -0.2) is 0 Å². The summed E-state index contributed by atoms with van der Waals surface area (Å²) < 4.78 is 5.06. The van der Waals surface area contributed by atoms with E-state index in [-0.39, 0.29) is 0 Å². The molecule has 2 nitrogen and oxygen atoms in total. The molecule has 1 heterocycles. The van der Waals surface area contributed by atoms with Gasteiger partial charge in [0.25, 0.3) is 0 Å². The number of thioether (sulfide) groups is 1. The zero-order valence-electron chi connectivity index (χ0n) is 7.84. The van der Waals surface area contributed by atoms with Gasteiger partial charge in [-0.1, -0.05) is 6.42 Å². The highest BCUT2D eigenvalue weighted by Crippen LogP contribution is 2.03. The Bertz CT molecular complexity index is 107. The molecule has 1 aliphatic heterocycles. The predicted molar refractivity (Wildman–Crippen MR) is 54.8 cm³/mol. The lowest BCUT2D eigenvalue weighted by Crippen LogP contribution is -2.46. The molecular formula is C9H19NOS. The quantitative estimate of drug-likeness (QED) is 0.613. The van der Waals surface area contributed by atoms with Gasteiger partial charge in [0.2, 0.25) is 0 Å². The SMILES string of the molecule is CSCCCCCNC1COC1. The van der Waals surface area contributed by atoms with Crippen LogP contribution < -0.4 is 5.32 Å². The van der Waals surface area contributed by atoms with E-state index < -0.39 is 0 Å². The van der Waals surface area contributed by atoms with Crippen LogP contribution in [0.25, 0.3) is 0 Å². The Balaban J connectivity index is 1.70. The Kier molecular flexibility index (Phi) is 5.82. The van der Waals surface area contributed by atoms with E-state index in [0.29, 0.717) is 6.04 Å². The molecule has 0 aromatic heterocycles. The summed E-state index contributed by atoms with van der Waals surface area (Å²) in [6.07, 6.45) is 6.21. The van der Waals surface area contributed by atoms with Gasteiger partial charge in [0.05, 0.1) is 19.3 Å². The topological polar surface area (TPSA) is 21.3 Å². The smallest absolute Gasteiger partial charge is 0.0643 e. The van der Waals surface area contributed by atoms with E-state index in [2.05, 4.69) is 11.6 Å². The molecule has 3 heteroatoms. The van der Waals surface area contributed by atoms with Crippen molar-refractivity contribution in [1.82, 2.24) is 5.32 Å². The van der Waals surface area contributed by atoms with Crippen LogP contribution in [0.15, 0.2) is 0 Å². The van der Waals surface area contributed by atoms with Gasteiger partial charge in [0, 0.05) is 0 Å². The van der Waals surface area contributed by atoms with Gasteiger partial charge in [-0.15, -0.1) is 0 Å². The minimum absolute atomic E-state index is 0.658. The summed E-state index contributed by atoms with van der Waals surface area (Å²) in [5.41, 5.74) is 0. The molecule has 0 aromatic rings. The van der Waals surface area contributed by atoms with Crippen LogP contribution in [0.4, 0.5) is 0 Å². The van der Waals surface area contributed by atoms with Crippen LogP contribution in [0.1, 0.15) is 19.3 Å². The van der Waals surface area contributed by atoms with Crippen molar-refractivity contribution in [3.8, 4) is 0 Å². The zero-order chi connectivity index (χ0) is 8.65. The fourth-order valence-electron chi connectivity index (χ4n) is 1.21. The lowest BCUT2D eigenvalue weighted by Gasteiger charge is -2.26. The number of hydrogen-bond donors (Lipinski definition) is 1. The van der Waals surface area contributed by atoms with Crippen LogP contribution in [-0.2, 0) is 4.74 Å². The molecule has 1 aliphatic rings. The summed E-state index contributed by atoms with van der Waals surface area (Å²) in [5.74, 6) is 1.31. The Morgan fingerprint density at radius 1 is 1.33 bits per heavy atom. The molecule has 72 valence electrons. The Labute approximate surface area is 79.4 Å². The molecule has 12 heavy (non-hydrogen) atoms. The molecule has 0 radical (unpaired) electrons. The third-order valence-corrected chi connectivity index (χ3v) is 2.79. The first-order chi connectivity index (χ1) is 5.93. The third-order valence-electron chi connectivity index (χ3n) is 2.10. The van der Waals surface area contributed by atoms with Crippen LogP contribution in [0.2, 0.25) is 0 Å². The van der Waals surface area contributed by atoms with Crippen molar-refractivity contribution in [2.45, 2.75) is 25.3 Å². The maximum atomic E-state index is 5.06. The lowest BCUT2D eigenvalue weighted by atomic mass is 10.2. The summed E-state index contributed by atoms with van der Waals surface area (Å²) in [5, 5.41) is 3.46. The highest BCUT2D eigenvalue weighted by Gasteiger charge is 2.16. The Morgan fingerprint density at radius 3 is 2.75 bits per heavy atom. The van der Waals surface area contributed by atoms with Gasteiger partial charge >= 0.3 is 0 Å². The van der Waals surface area contributed by atoms with Crippen LogP contribution in [-0.4, -0.2) is 37.8 Å². The summed E-state index contributed by atoms with van der Waals surface area (Å²) in [6.45, 7) is 3.01. The summed E-state index contributed by atoms with van der Waals surface area (Å²) >= 11 is 1.94. The lowest BCUT2D eigenvalue weighted by molar-refractivity contribution is -0.00495. The van der Waals surface area contributed by atoms with E-state index in [4.69, 9.17) is 4.74 Å². The Hall–Kier alpha value is 0.270. The van der Waals surface area contributed by atoms with Gasteiger partial charge in [-0.3, -0.25) is 0 Å². The number of nitrogens with one attached hydrogen (secondary N) is 1. The molecule has 0 atom stereocenters. The number of unbranched alkanes of at least 4 members (excludes halogenated alkanes) is 2. The van der Waals surface area contributed by atoms with Gasteiger partial charge in [0.15, 0.2) is 0 Å². The van der Waals surface area contributed by atoms with Crippen molar-refractivity contribution in [3.63, 3.8) is 0 Å². The van der Waals surface area contributed by atoms with E-state index >= 15 is 0 Å². The van der Waals surface area contributed by atoms with Crippen LogP contribution in [0.3, 0.4) is 0 Å². The highest BCUT2D eigenvalue weighted by molar-refractivity contribution is 7.98. The van der Waals surface area contributed by atoms with Gasteiger partial charge < -0.3 is 10.1 Å². The van der Waals surface area contributed by atoms with Crippen molar-refractivity contribution in [2.75, 3.05) is 31.8 Å². The molecule has 1 N–H and O–H groups in total. The van der Waals surface area contributed by atoms with E-state index in [1.165, 1.54) is 31.6 Å². The van der Waals surface area contributed by atoms with Crippen molar-refractivity contribution in [2.24, 2.45) is 0 Å². The van der Waals surface area contributed by atoms with Crippen LogP contribution in [0, 0.1) is 0 Å². The monoisotopic (exact) mass is 189 g/mol. The van der Waals surface area contributed by atoms with Crippen LogP contribution >= 0.6 is 11.8 Å². The standard InChI is InChI=1S/C9H19NOS/c1-12-6-4-2-3-5-10-9-7-11-8-9/h9-10H,2-8H2,1H3. The molecule has 1 fully saturated rings.